The van der Waals surface area contributed by atoms with Crippen molar-refractivity contribution in [2.24, 2.45) is 0 Å². The molecule has 24 heavy (non-hydrogen) atoms. The largest absolute Gasteiger partial charge is 0.325 e. The van der Waals surface area contributed by atoms with Crippen LogP contribution in [0.15, 0.2) is 43.0 Å². The zero-order valence-electron chi connectivity index (χ0n) is 13.0. The second-order valence-corrected chi connectivity index (χ2v) is 10.0. The Balaban J connectivity index is 1.77. The van der Waals surface area contributed by atoms with Gasteiger partial charge in [-0.15, -0.1) is 22.7 Å². The van der Waals surface area contributed by atoms with E-state index in [1.807, 2.05) is 0 Å². The molecule has 2 bridgehead atoms. The van der Waals surface area contributed by atoms with Crippen LogP contribution in [0.2, 0.25) is 0 Å². The van der Waals surface area contributed by atoms with E-state index in [-0.39, 0.29) is 5.78 Å². The summed E-state index contributed by atoms with van der Waals surface area (Å²) in [6.45, 7) is 0. The summed E-state index contributed by atoms with van der Waals surface area (Å²) in [6.07, 6.45) is 6.38. The number of rotatable bonds is 2. The van der Waals surface area contributed by atoms with Gasteiger partial charge in [0, 0.05) is 42.3 Å². The molecule has 0 aromatic carbocycles. The average Bonchev–Trinajstić information content (AvgIpc) is 3.21. The van der Waals surface area contributed by atoms with Gasteiger partial charge < -0.3 is 4.90 Å². The lowest BCUT2D eigenvalue weighted by atomic mass is 9.90. The van der Waals surface area contributed by atoms with Crippen molar-refractivity contribution in [3.8, 4) is 0 Å². The summed E-state index contributed by atoms with van der Waals surface area (Å²) < 4.78 is 2.15. The first-order chi connectivity index (χ1) is 11.5. The van der Waals surface area contributed by atoms with Gasteiger partial charge >= 0.3 is 0 Å². The van der Waals surface area contributed by atoms with E-state index < -0.39 is 0 Å². The van der Waals surface area contributed by atoms with Crippen LogP contribution in [0.1, 0.15) is 22.6 Å². The molecule has 2 aromatic heterocycles. The Kier molecular flexibility index (Phi) is 4.69. The lowest BCUT2D eigenvalue weighted by molar-refractivity contribution is -0.906. The Bertz CT molecular complexity index is 796. The molecule has 4 heterocycles. The van der Waals surface area contributed by atoms with E-state index in [1.54, 1.807) is 22.7 Å². The minimum absolute atomic E-state index is 0.238. The summed E-state index contributed by atoms with van der Waals surface area (Å²) in [4.78, 5) is 16.9. The van der Waals surface area contributed by atoms with Crippen LogP contribution in [-0.4, -0.2) is 24.9 Å². The molecule has 0 aliphatic carbocycles. The molecule has 4 rings (SSSR count). The lowest BCUT2D eigenvalue weighted by Crippen LogP contribution is -3.16. The zero-order chi connectivity index (χ0) is 16.8. The molecule has 0 unspecified atom stereocenters. The summed E-state index contributed by atoms with van der Waals surface area (Å²) in [5.74, 6) is 0.238. The number of Topliss-reactive ketones (excluding diaryl/α,β-unsaturated/α-hetero) is 1. The third-order valence-electron chi connectivity index (χ3n) is 4.89. The van der Waals surface area contributed by atoms with E-state index in [1.165, 1.54) is 4.90 Å². The maximum absolute atomic E-state index is 13.2. The van der Waals surface area contributed by atoms with Crippen LogP contribution < -0.4 is 4.90 Å². The third kappa shape index (κ3) is 3.03. The fraction of sp³-hybridized carbons (Fsp3) is 0.278. The van der Waals surface area contributed by atoms with Crippen molar-refractivity contribution < 1.29 is 9.69 Å². The van der Waals surface area contributed by atoms with Gasteiger partial charge in [0.05, 0.1) is 18.2 Å². The number of quaternary nitrogens is 1. The summed E-state index contributed by atoms with van der Waals surface area (Å²) >= 11 is 10.3. The summed E-state index contributed by atoms with van der Waals surface area (Å²) in [6, 6.07) is 4.83. The maximum atomic E-state index is 13.2. The molecule has 2 aromatic rings. The van der Waals surface area contributed by atoms with Gasteiger partial charge in [0.25, 0.3) is 0 Å². The first-order valence-corrected chi connectivity index (χ1v) is 11.2. The quantitative estimate of drug-likeness (QED) is 0.624. The van der Waals surface area contributed by atoms with E-state index in [0.29, 0.717) is 12.1 Å². The fourth-order valence-corrected chi connectivity index (χ4v) is 6.53. The summed E-state index contributed by atoms with van der Waals surface area (Å²) in [5, 5.41) is 4.13. The van der Waals surface area contributed by atoms with Gasteiger partial charge in [-0.25, -0.2) is 0 Å². The number of hydrogen-bond acceptors (Lipinski definition) is 3. The Morgan fingerprint density at radius 2 is 1.46 bits per heavy atom. The first-order valence-electron chi connectivity index (χ1n) is 7.82. The van der Waals surface area contributed by atoms with Crippen LogP contribution in [0, 0.1) is 0 Å². The van der Waals surface area contributed by atoms with Crippen molar-refractivity contribution in [3.05, 3.63) is 52.7 Å². The molecule has 0 spiro atoms. The number of ketones is 1. The van der Waals surface area contributed by atoms with Crippen LogP contribution in [-0.2, 0) is 4.79 Å². The Hall–Kier alpha value is -0.530. The molecule has 0 amide bonds. The van der Waals surface area contributed by atoms with Gasteiger partial charge in [0.1, 0.15) is 12.1 Å². The Morgan fingerprint density at radius 1 is 1.00 bits per heavy atom. The second-order valence-electron chi connectivity index (χ2n) is 6.29. The van der Waals surface area contributed by atoms with Gasteiger partial charge in [-0.3, -0.25) is 4.79 Å². The van der Waals surface area contributed by atoms with Gasteiger partial charge in [-0.1, -0.05) is 0 Å². The van der Waals surface area contributed by atoms with Crippen LogP contribution >= 0.6 is 54.5 Å². The van der Waals surface area contributed by atoms with Crippen molar-refractivity contribution >= 4 is 72.5 Å². The highest BCUT2D eigenvalue weighted by Gasteiger charge is 2.48. The minimum atomic E-state index is 0.238. The van der Waals surface area contributed by atoms with Crippen molar-refractivity contribution in [2.75, 3.05) is 7.05 Å². The molecule has 0 radical (unpaired) electrons. The number of likely N-dealkylation sites (N-methyl/N-ethyl adjacent to an activating group) is 1. The Morgan fingerprint density at radius 3 is 1.83 bits per heavy atom. The SMILES string of the molecule is C[NH+]1[C@@H]2CC[C@@H]1/C(=C/c1cc(Br)cs1)C(=O)/C2=C\c1cc(Br)cs1. The number of thiophene rings is 2. The van der Waals surface area contributed by atoms with Crippen molar-refractivity contribution in [1.82, 2.24) is 0 Å². The van der Waals surface area contributed by atoms with E-state index >= 15 is 0 Å². The number of carbonyl (C=O) groups is 1. The van der Waals surface area contributed by atoms with E-state index in [0.717, 1.165) is 42.7 Å². The molecule has 0 saturated carbocycles. The molecule has 6 heteroatoms. The number of nitrogens with one attached hydrogen (secondary N) is 1. The molecule has 124 valence electrons. The number of carbonyl (C=O) groups excluding carboxylic acids is 1. The maximum Gasteiger partial charge on any atom is 0.196 e. The molecule has 2 atom stereocenters. The first kappa shape index (κ1) is 16.9. The Labute approximate surface area is 166 Å². The number of halogens is 2. The predicted octanol–water partition coefficient (Wildman–Crippen LogP) is 4.43. The monoisotopic (exact) mass is 484 g/mol. The van der Waals surface area contributed by atoms with E-state index in [4.69, 9.17) is 0 Å². The van der Waals surface area contributed by atoms with Gasteiger partial charge in [0.2, 0.25) is 0 Å². The zero-order valence-corrected chi connectivity index (χ0v) is 17.8. The summed E-state index contributed by atoms with van der Waals surface area (Å²) in [7, 11) is 2.23. The highest BCUT2D eigenvalue weighted by molar-refractivity contribution is 9.10. The molecular weight excluding hydrogens is 470 g/mol. The number of fused-ring (bicyclic) bond motifs is 2. The van der Waals surface area contributed by atoms with E-state index in [9.17, 15) is 4.79 Å². The van der Waals surface area contributed by atoms with Gasteiger partial charge in [0.15, 0.2) is 5.78 Å². The number of piperidine rings is 1. The second kappa shape index (κ2) is 6.65. The molecular formula is C18H16Br2NOS2+. The van der Waals surface area contributed by atoms with Crippen LogP contribution in [0.5, 0.6) is 0 Å². The lowest BCUT2D eigenvalue weighted by Gasteiger charge is -2.31. The van der Waals surface area contributed by atoms with Crippen LogP contribution in [0.25, 0.3) is 12.2 Å². The van der Waals surface area contributed by atoms with Crippen molar-refractivity contribution in [3.63, 3.8) is 0 Å². The molecule has 2 nitrogen and oxygen atoms in total. The van der Waals surface area contributed by atoms with Gasteiger partial charge in [-0.2, -0.15) is 0 Å². The van der Waals surface area contributed by atoms with Crippen LogP contribution in [0.4, 0.5) is 0 Å². The summed E-state index contributed by atoms with van der Waals surface area (Å²) in [5.41, 5.74) is 1.94. The van der Waals surface area contributed by atoms with Crippen molar-refractivity contribution in [2.45, 2.75) is 24.9 Å². The van der Waals surface area contributed by atoms with E-state index in [2.05, 4.69) is 74.0 Å². The third-order valence-corrected chi connectivity index (χ3v) is 8.17. The molecule has 2 saturated heterocycles. The van der Waals surface area contributed by atoms with Crippen molar-refractivity contribution in [1.29, 1.82) is 0 Å². The normalized spacial score (nSPS) is 29.8. The molecule has 2 aliphatic rings. The highest BCUT2D eigenvalue weighted by atomic mass is 79.9. The number of hydrogen-bond donors (Lipinski definition) is 1. The minimum Gasteiger partial charge on any atom is -0.325 e. The topological polar surface area (TPSA) is 21.5 Å². The predicted molar refractivity (Wildman–Crippen MR) is 109 cm³/mol. The highest BCUT2D eigenvalue weighted by Crippen LogP contribution is 2.33. The molecule has 2 aliphatic heterocycles. The molecule has 2 fully saturated rings. The van der Waals surface area contributed by atoms with Crippen LogP contribution in [0.3, 0.4) is 0 Å². The average molecular weight is 486 g/mol. The molecule has 1 N–H and O–H groups in total. The van der Waals surface area contributed by atoms with Gasteiger partial charge in [-0.05, 0) is 56.1 Å². The standard InChI is InChI=1S/C18H15Br2NOS2/c1-21-16-2-3-17(21)15(7-13-5-11(20)9-24-13)18(22)14(16)6-12-4-10(19)8-23-12/h4-9,16-17H,2-3H2,1H3/p+1/b14-6-,15-7-/t16-,17-/m1/s1. The smallest absolute Gasteiger partial charge is 0.196 e. The fourth-order valence-electron chi connectivity index (χ4n) is 3.76.